The molecule has 1 saturated carbocycles. The monoisotopic (exact) mass is 266 g/mol. The van der Waals surface area contributed by atoms with Crippen molar-refractivity contribution in [1.82, 2.24) is 4.90 Å². The zero-order valence-electron chi connectivity index (χ0n) is 11.2. The minimum absolute atomic E-state index is 0.153. The van der Waals surface area contributed by atoms with Crippen LogP contribution in [0.25, 0.3) is 0 Å². The van der Waals surface area contributed by atoms with Gasteiger partial charge in [-0.15, -0.1) is 11.3 Å². The predicted molar refractivity (Wildman–Crippen MR) is 75.4 cm³/mol. The summed E-state index contributed by atoms with van der Waals surface area (Å²) in [5.74, 6) is 0.820. The van der Waals surface area contributed by atoms with Gasteiger partial charge in [-0.3, -0.25) is 4.79 Å². The highest BCUT2D eigenvalue weighted by Gasteiger charge is 2.33. The summed E-state index contributed by atoms with van der Waals surface area (Å²) < 4.78 is 0. The first-order valence-electron chi connectivity index (χ1n) is 6.61. The van der Waals surface area contributed by atoms with Gasteiger partial charge in [0.2, 0.25) is 5.91 Å². The van der Waals surface area contributed by atoms with Crippen molar-refractivity contribution in [2.24, 2.45) is 17.6 Å². The maximum atomic E-state index is 12.4. The lowest BCUT2D eigenvalue weighted by Gasteiger charge is -2.24. The number of carbonyl (C=O) groups excluding carboxylic acids is 1. The Morgan fingerprint density at radius 3 is 2.94 bits per heavy atom. The SMILES string of the molecule is Cc1ccsc1CN(C)C(=O)C1CCCC1CN. The number of thiophene rings is 1. The predicted octanol–water partition coefficient (Wildman–Crippen LogP) is 2.39. The Hall–Kier alpha value is -0.870. The van der Waals surface area contributed by atoms with Crippen LogP contribution in [0, 0.1) is 18.8 Å². The molecule has 0 aromatic carbocycles. The third kappa shape index (κ3) is 2.75. The molecule has 2 rings (SSSR count). The average Bonchev–Trinajstić information content (AvgIpc) is 2.97. The van der Waals surface area contributed by atoms with Crippen molar-refractivity contribution < 1.29 is 4.79 Å². The Labute approximate surface area is 113 Å². The van der Waals surface area contributed by atoms with E-state index in [1.807, 2.05) is 11.9 Å². The molecule has 1 aromatic rings. The smallest absolute Gasteiger partial charge is 0.226 e. The zero-order chi connectivity index (χ0) is 13.1. The Morgan fingerprint density at radius 1 is 1.56 bits per heavy atom. The van der Waals surface area contributed by atoms with E-state index in [4.69, 9.17) is 5.73 Å². The molecule has 0 spiro atoms. The molecule has 1 aromatic heterocycles. The second-order valence-corrected chi connectivity index (χ2v) is 6.25. The van der Waals surface area contributed by atoms with E-state index in [0.29, 0.717) is 12.5 Å². The van der Waals surface area contributed by atoms with Crippen LogP contribution in [0.5, 0.6) is 0 Å². The second-order valence-electron chi connectivity index (χ2n) is 5.25. The van der Waals surface area contributed by atoms with Gasteiger partial charge in [-0.25, -0.2) is 0 Å². The van der Waals surface area contributed by atoms with Gasteiger partial charge in [0, 0.05) is 17.8 Å². The van der Waals surface area contributed by atoms with Crippen molar-refractivity contribution in [2.45, 2.75) is 32.7 Å². The lowest BCUT2D eigenvalue weighted by molar-refractivity contribution is -0.135. The van der Waals surface area contributed by atoms with Gasteiger partial charge in [-0.2, -0.15) is 0 Å². The number of hydrogen-bond acceptors (Lipinski definition) is 3. The molecular weight excluding hydrogens is 244 g/mol. The van der Waals surface area contributed by atoms with Gasteiger partial charge >= 0.3 is 0 Å². The Morgan fingerprint density at radius 2 is 2.33 bits per heavy atom. The summed E-state index contributed by atoms with van der Waals surface area (Å²) in [7, 11) is 1.91. The lowest BCUT2D eigenvalue weighted by Crippen LogP contribution is -2.36. The highest BCUT2D eigenvalue weighted by Crippen LogP contribution is 2.32. The fourth-order valence-electron chi connectivity index (χ4n) is 2.79. The van der Waals surface area contributed by atoms with Crippen molar-refractivity contribution >= 4 is 17.2 Å². The summed E-state index contributed by atoms with van der Waals surface area (Å²) in [5, 5.41) is 2.08. The van der Waals surface area contributed by atoms with Gasteiger partial charge in [-0.1, -0.05) is 6.42 Å². The Bertz CT molecular complexity index is 416. The standard InChI is InChI=1S/C14H22N2OS/c1-10-6-7-18-13(10)9-16(2)14(17)12-5-3-4-11(12)8-15/h6-7,11-12H,3-5,8-9,15H2,1-2H3. The number of rotatable bonds is 4. The highest BCUT2D eigenvalue weighted by atomic mass is 32.1. The van der Waals surface area contributed by atoms with E-state index in [0.717, 1.165) is 25.8 Å². The molecule has 1 aliphatic rings. The molecule has 0 radical (unpaired) electrons. The molecule has 2 atom stereocenters. The molecule has 1 amide bonds. The maximum absolute atomic E-state index is 12.4. The molecule has 1 heterocycles. The van der Waals surface area contributed by atoms with Crippen LogP contribution in [0.1, 0.15) is 29.7 Å². The largest absolute Gasteiger partial charge is 0.340 e. The van der Waals surface area contributed by atoms with E-state index >= 15 is 0 Å². The first-order valence-corrected chi connectivity index (χ1v) is 7.49. The summed E-state index contributed by atoms with van der Waals surface area (Å²) in [6.45, 7) is 3.47. The first-order chi connectivity index (χ1) is 8.63. The minimum Gasteiger partial charge on any atom is -0.340 e. The molecule has 0 saturated heterocycles. The van der Waals surface area contributed by atoms with Crippen LogP contribution in [-0.2, 0) is 11.3 Å². The van der Waals surface area contributed by atoms with Gasteiger partial charge in [0.15, 0.2) is 0 Å². The van der Waals surface area contributed by atoms with Crippen LogP contribution in [-0.4, -0.2) is 24.4 Å². The van der Waals surface area contributed by atoms with E-state index in [-0.39, 0.29) is 11.8 Å². The van der Waals surface area contributed by atoms with Crippen molar-refractivity contribution in [3.8, 4) is 0 Å². The van der Waals surface area contributed by atoms with Gasteiger partial charge in [-0.05, 0) is 49.2 Å². The number of aryl methyl sites for hydroxylation is 1. The highest BCUT2D eigenvalue weighted by molar-refractivity contribution is 7.10. The van der Waals surface area contributed by atoms with E-state index in [9.17, 15) is 4.79 Å². The van der Waals surface area contributed by atoms with Crippen LogP contribution >= 0.6 is 11.3 Å². The van der Waals surface area contributed by atoms with E-state index in [2.05, 4.69) is 18.4 Å². The quantitative estimate of drug-likeness (QED) is 0.909. The van der Waals surface area contributed by atoms with Crippen LogP contribution in [0.15, 0.2) is 11.4 Å². The van der Waals surface area contributed by atoms with E-state index < -0.39 is 0 Å². The molecule has 0 aliphatic heterocycles. The van der Waals surface area contributed by atoms with E-state index in [1.54, 1.807) is 11.3 Å². The van der Waals surface area contributed by atoms with Crippen molar-refractivity contribution in [1.29, 1.82) is 0 Å². The number of nitrogens with zero attached hydrogens (tertiary/aromatic N) is 1. The molecule has 4 heteroatoms. The van der Waals surface area contributed by atoms with Gasteiger partial charge in [0.05, 0.1) is 6.54 Å². The number of amides is 1. The third-order valence-corrected chi connectivity index (χ3v) is 5.01. The maximum Gasteiger partial charge on any atom is 0.226 e. The topological polar surface area (TPSA) is 46.3 Å². The summed E-state index contributed by atoms with van der Waals surface area (Å²) in [4.78, 5) is 15.6. The Balaban J connectivity index is 1.98. The van der Waals surface area contributed by atoms with Crippen LogP contribution in [0.3, 0.4) is 0 Å². The van der Waals surface area contributed by atoms with Gasteiger partial charge in [0.1, 0.15) is 0 Å². The molecule has 3 nitrogen and oxygen atoms in total. The van der Waals surface area contributed by atoms with Gasteiger partial charge < -0.3 is 10.6 Å². The molecule has 100 valence electrons. The van der Waals surface area contributed by atoms with E-state index in [1.165, 1.54) is 10.4 Å². The molecule has 18 heavy (non-hydrogen) atoms. The Kier molecular flexibility index (Phi) is 4.40. The van der Waals surface area contributed by atoms with Crippen LogP contribution in [0.4, 0.5) is 0 Å². The second kappa shape index (κ2) is 5.85. The normalized spacial score (nSPS) is 23.3. The third-order valence-electron chi connectivity index (χ3n) is 4.00. The lowest BCUT2D eigenvalue weighted by atomic mass is 9.95. The van der Waals surface area contributed by atoms with Crippen molar-refractivity contribution in [2.75, 3.05) is 13.6 Å². The number of hydrogen-bond donors (Lipinski definition) is 1. The number of nitrogens with two attached hydrogens (primary N) is 1. The average molecular weight is 266 g/mol. The minimum atomic E-state index is 0.153. The van der Waals surface area contributed by atoms with Crippen molar-refractivity contribution in [3.63, 3.8) is 0 Å². The molecular formula is C14H22N2OS. The summed E-state index contributed by atoms with van der Waals surface area (Å²) in [6, 6.07) is 2.11. The van der Waals surface area contributed by atoms with Crippen LogP contribution < -0.4 is 5.73 Å². The summed E-state index contributed by atoms with van der Waals surface area (Å²) >= 11 is 1.73. The summed E-state index contributed by atoms with van der Waals surface area (Å²) in [6.07, 6.45) is 3.26. The molecule has 1 aliphatic carbocycles. The van der Waals surface area contributed by atoms with Crippen LogP contribution in [0.2, 0.25) is 0 Å². The fraction of sp³-hybridized carbons (Fsp3) is 0.643. The fourth-order valence-corrected chi connectivity index (χ4v) is 3.75. The molecule has 1 fully saturated rings. The molecule has 2 unspecified atom stereocenters. The first kappa shape index (κ1) is 13.6. The molecule has 0 bridgehead atoms. The number of carbonyl (C=O) groups is 1. The van der Waals surface area contributed by atoms with Gasteiger partial charge in [0.25, 0.3) is 0 Å². The van der Waals surface area contributed by atoms with Crippen molar-refractivity contribution in [3.05, 3.63) is 21.9 Å². The molecule has 2 N–H and O–H groups in total. The zero-order valence-corrected chi connectivity index (χ0v) is 12.0. The summed E-state index contributed by atoms with van der Waals surface area (Å²) in [5.41, 5.74) is 7.03.